The van der Waals surface area contributed by atoms with Crippen LogP contribution in [0.5, 0.6) is 0 Å². The molecule has 0 aliphatic carbocycles. The van der Waals surface area contributed by atoms with Gasteiger partial charge in [0.15, 0.2) is 15.6 Å². The molecule has 4 aromatic carbocycles. The molecule has 1 aromatic heterocycles. The van der Waals surface area contributed by atoms with E-state index in [-0.39, 0.29) is 17.2 Å². The Labute approximate surface area is 246 Å². The molecule has 5 aromatic rings. The second-order valence-electron chi connectivity index (χ2n) is 10.4. The van der Waals surface area contributed by atoms with Gasteiger partial charge in [-0.1, -0.05) is 72.8 Å². The molecule has 10 heteroatoms. The van der Waals surface area contributed by atoms with Crippen molar-refractivity contribution in [2.24, 2.45) is 0 Å². The summed E-state index contributed by atoms with van der Waals surface area (Å²) in [6.45, 7) is 3.01. The second kappa shape index (κ2) is 12.1. The molecule has 0 radical (unpaired) electrons. The predicted octanol–water partition coefficient (Wildman–Crippen LogP) is 7.49. The van der Waals surface area contributed by atoms with E-state index in [2.05, 4.69) is 0 Å². The van der Waals surface area contributed by atoms with Crippen LogP contribution in [0, 0.1) is 6.92 Å². The number of aryl methyl sites for hydroxylation is 1. The molecule has 0 aliphatic heterocycles. The highest BCUT2D eigenvalue weighted by Gasteiger charge is 2.35. The molecule has 0 unspecified atom stereocenters. The minimum atomic E-state index is -4.57. The van der Waals surface area contributed by atoms with E-state index >= 15 is 0 Å². The Morgan fingerprint density at radius 2 is 1.58 bits per heavy atom. The first-order valence-corrected chi connectivity index (χ1v) is 15.0. The first-order valence-electron chi connectivity index (χ1n) is 13.4. The molecule has 1 heterocycles. The van der Waals surface area contributed by atoms with Gasteiger partial charge in [0.1, 0.15) is 5.76 Å². The highest BCUT2D eigenvalue weighted by molar-refractivity contribution is 7.92. The van der Waals surface area contributed by atoms with Crippen molar-refractivity contribution in [1.82, 2.24) is 4.90 Å². The largest absolute Gasteiger partial charge is 0.480 e. The van der Waals surface area contributed by atoms with E-state index in [0.29, 0.717) is 18.7 Å². The lowest BCUT2D eigenvalue weighted by atomic mass is 9.99. The Morgan fingerprint density at radius 3 is 2.28 bits per heavy atom. The van der Waals surface area contributed by atoms with Crippen molar-refractivity contribution in [1.29, 1.82) is 0 Å². The van der Waals surface area contributed by atoms with Gasteiger partial charge < -0.3 is 9.52 Å². The number of hydrogen-bond acceptors (Lipinski definition) is 5. The summed E-state index contributed by atoms with van der Waals surface area (Å²) in [7, 11) is -3.99. The van der Waals surface area contributed by atoms with Crippen LogP contribution in [0.1, 0.15) is 28.2 Å². The second-order valence-corrected chi connectivity index (χ2v) is 12.4. The van der Waals surface area contributed by atoms with Crippen LogP contribution in [0.15, 0.2) is 106 Å². The van der Waals surface area contributed by atoms with Crippen LogP contribution in [0.4, 0.5) is 13.2 Å². The average molecular weight is 608 g/mol. The fraction of sp³-hybridized carbons (Fsp3) is 0.182. The van der Waals surface area contributed by atoms with Crippen molar-refractivity contribution in [2.45, 2.75) is 37.6 Å². The van der Waals surface area contributed by atoms with Crippen molar-refractivity contribution < 1.29 is 35.9 Å². The molecule has 0 amide bonds. The first-order chi connectivity index (χ1) is 20.4. The third-order valence-corrected chi connectivity index (χ3v) is 8.78. The molecule has 0 fully saturated rings. The van der Waals surface area contributed by atoms with Gasteiger partial charge in [-0.3, -0.25) is 9.69 Å². The van der Waals surface area contributed by atoms with Crippen LogP contribution in [-0.2, 0) is 40.4 Å². The standard InChI is InChI=1S/C33H28F3NO5S/c1-22-9-12-25-5-2-3-8-29(25)30(22)20-37(19-27-15-16-31(42-27)33(34,35)36)18-23-10-13-24(14-11-23)26-6-4-7-28(17-26)43(40,41)21-32(38)39/h2-17H,18-21H2,1H3,(H,38,39). The van der Waals surface area contributed by atoms with E-state index in [1.807, 2.05) is 72.5 Å². The predicted molar refractivity (Wildman–Crippen MR) is 157 cm³/mol. The van der Waals surface area contributed by atoms with Crippen molar-refractivity contribution in [3.05, 3.63) is 125 Å². The molecule has 0 atom stereocenters. The topological polar surface area (TPSA) is 87.8 Å². The summed E-state index contributed by atoms with van der Waals surface area (Å²) in [6, 6.07) is 27.8. The Balaban J connectivity index is 1.43. The molecule has 6 nitrogen and oxygen atoms in total. The van der Waals surface area contributed by atoms with Gasteiger partial charge in [-0.05, 0) is 69.8 Å². The molecule has 0 spiro atoms. The number of furan rings is 1. The van der Waals surface area contributed by atoms with Gasteiger partial charge >= 0.3 is 12.1 Å². The number of carboxylic acids is 1. The number of alkyl halides is 3. The van der Waals surface area contributed by atoms with Gasteiger partial charge in [0.05, 0.1) is 11.4 Å². The maximum Gasteiger partial charge on any atom is 0.449 e. The minimum absolute atomic E-state index is 0.0789. The van der Waals surface area contributed by atoms with Gasteiger partial charge in [-0.2, -0.15) is 13.2 Å². The molecule has 0 aliphatic rings. The molecule has 222 valence electrons. The summed E-state index contributed by atoms with van der Waals surface area (Å²) in [5.41, 5.74) is 4.35. The molecule has 0 saturated carbocycles. The van der Waals surface area contributed by atoms with Crippen molar-refractivity contribution in [3.8, 4) is 11.1 Å². The maximum atomic E-state index is 13.2. The summed E-state index contributed by atoms with van der Waals surface area (Å²) in [5.74, 6) is -3.27. The lowest BCUT2D eigenvalue weighted by Gasteiger charge is -2.24. The number of benzene rings is 4. The number of carboxylic acid groups (broad SMARTS) is 1. The van der Waals surface area contributed by atoms with Crippen LogP contribution >= 0.6 is 0 Å². The van der Waals surface area contributed by atoms with E-state index in [1.54, 1.807) is 12.1 Å². The Morgan fingerprint density at radius 1 is 0.837 bits per heavy atom. The smallest absolute Gasteiger partial charge is 0.449 e. The van der Waals surface area contributed by atoms with Gasteiger partial charge in [0.25, 0.3) is 0 Å². The highest BCUT2D eigenvalue weighted by Crippen LogP contribution is 2.32. The third kappa shape index (κ3) is 7.15. The number of fused-ring (bicyclic) bond motifs is 1. The number of hydrogen-bond donors (Lipinski definition) is 1. The zero-order valence-corrected chi connectivity index (χ0v) is 24.0. The SMILES string of the molecule is Cc1ccc2ccccc2c1CN(Cc1ccc(-c2cccc(S(=O)(=O)CC(=O)O)c2)cc1)Cc1ccc(C(F)(F)F)o1. The number of carbonyl (C=O) groups is 1. The van der Waals surface area contributed by atoms with Crippen molar-refractivity contribution in [3.63, 3.8) is 0 Å². The van der Waals surface area contributed by atoms with Crippen molar-refractivity contribution in [2.75, 3.05) is 5.75 Å². The molecular formula is C33H28F3NO5S. The monoisotopic (exact) mass is 607 g/mol. The fourth-order valence-corrected chi connectivity index (χ4v) is 6.14. The molecule has 0 bridgehead atoms. The minimum Gasteiger partial charge on any atom is -0.480 e. The lowest BCUT2D eigenvalue weighted by molar-refractivity contribution is -0.153. The van der Waals surface area contributed by atoms with Gasteiger partial charge in [0, 0.05) is 13.1 Å². The highest BCUT2D eigenvalue weighted by atomic mass is 32.2. The number of aliphatic carboxylic acids is 1. The first kappa shape index (κ1) is 30.1. The van der Waals surface area contributed by atoms with Crippen LogP contribution in [0.2, 0.25) is 0 Å². The van der Waals surface area contributed by atoms with E-state index in [0.717, 1.165) is 39.1 Å². The Bertz CT molecular complexity index is 1880. The number of halogens is 3. The number of nitrogens with zero attached hydrogens (tertiary/aromatic N) is 1. The van der Waals surface area contributed by atoms with Crippen LogP contribution in [0.25, 0.3) is 21.9 Å². The van der Waals surface area contributed by atoms with Gasteiger partial charge in [-0.15, -0.1) is 0 Å². The van der Waals surface area contributed by atoms with E-state index in [4.69, 9.17) is 9.52 Å². The Hall–Kier alpha value is -4.41. The van der Waals surface area contributed by atoms with Crippen LogP contribution < -0.4 is 0 Å². The van der Waals surface area contributed by atoms with Gasteiger partial charge in [-0.25, -0.2) is 8.42 Å². The fourth-order valence-electron chi connectivity index (χ4n) is 5.06. The summed E-state index contributed by atoms with van der Waals surface area (Å²) >= 11 is 0. The van der Waals surface area contributed by atoms with Crippen LogP contribution in [0.3, 0.4) is 0 Å². The molecule has 0 saturated heterocycles. The average Bonchev–Trinajstić information content (AvgIpc) is 3.44. The normalized spacial score (nSPS) is 12.2. The zero-order chi connectivity index (χ0) is 30.8. The number of rotatable bonds is 10. The van der Waals surface area contributed by atoms with E-state index in [9.17, 15) is 26.4 Å². The number of sulfone groups is 1. The van der Waals surface area contributed by atoms with Crippen molar-refractivity contribution >= 4 is 26.6 Å². The summed E-state index contributed by atoms with van der Waals surface area (Å²) < 4.78 is 69.6. The van der Waals surface area contributed by atoms with E-state index < -0.39 is 33.5 Å². The Kier molecular flexibility index (Phi) is 8.43. The molecular weight excluding hydrogens is 579 g/mol. The quantitative estimate of drug-likeness (QED) is 0.177. The van der Waals surface area contributed by atoms with Crippen LogP contribution in [-0.4, -0.2) is 30.1 Å². The maximum absolute atomic E-state index is 13.2. The summed E-state index contributed by atoms with van der Waals surface area (Å²) in [4.78, 5) is 12.9. The molecule has 5 rings (SSSR count). The summed E-state index contributed by atoms with van der Waals surface area (Å²) in [5, 5.41) is 11.1. The summed E-state index contributed by atoms with van der Waals surface area (Å²) in [6.07, 6.45) is -4.57. The lowest BCUT2D eigenvalue weighted by Crippen LogP contribution is -2.23. The third-order valence-electron chi connectivity index (χ3n) is 7.18. The zero-order valence-electron chi connectivity index (χ0n) is 23.1. The van der Waals surface area contributed by atoms with E-state index in [1.165, 1.54) is 18.2 Å². The molecule has 1 N–H and O–H groups in total. The molecule has 43 heavy (non-hydrogen) atoms. The van der Waals surface area contributed by atoms with Gasteiger partial charge in [0.2, 0.25) is 5.76 Å².